The van der Waals surface area contributed by atoms with E-state index in [0.29, 0.717) is 0 Å². The van der Waals surface area contributed by atoms with Crippen LogP contribution < -0.4 is 0 Å². The molecule has 0 aliphatic carbocycles. The predicted octanol–water partition coefficient (Wildman–Crippen LogP) is 0.923. The normalized spacial score (nSPS) is 12.8. The Morgan fingerprint density at radius 2 is 1.62 bits per heavy atom. The Bertz CT molecular complexity index is 131. The number of hydrogen-bond acceptors (Lipinski definition) is 2. The second-order valence-corrected chi connectivity index (χ2v) is 1.52. The molecule has 8 heavy (non-hydrogen) atoms. The molecule has 3 heteroatoms. The first-order valence-corrected chi connectivity index (χ1v) is 2.15. The van der Waals surface area contributed by atoms with Crippen LogP contribution in [0.1, 0.15) is 13.8 Å². The Hall–Kier alpha value is -0.990. The third kappa shape index (κ3) is 1.64. The highest BCUT2D eigenvalue weighted by atomic mass is 16.4. The number of hydrogen-bond donors (Lipinski definition) is 2. The standard InChI is InChI=1S/C5H8O3/c1-3(4(2)6)5(7)8/h6H,1-2H3,(H,7,8)/b4-3+. The molecule has 46 valence electrons. The summed E-state index contributed by atoms with van der Waals surface area (Å²) in [5.41, 5.74) is -0.00926. The van der Waals surface area contributed by atoms with E-state index in [1.807, 2.05) is 0 Å². The van der Waals surface area contributed by atoms with E-state index >= 15 is 0 Å². The number of carbonyl (C=O) groups is 1. The molecule has 0 bridgehead atoms. The summed E-state index contributed by atoms with van der Waals surface area (Å²) in [7, 11) is 0. The zero-order chi connectivity index (χ0) is 6.73. The van der Waals surface area contributed by atoms with Crippen LogP contribution in [-0.4, -0.2) is 16.2 Å². The van der Waals surface area contributed by atoms with E-state index in [0.717, 1.165) is 0 Å². The molecular weight excluding hydrogens is 108 g/mol. The van der Waals surface area contributed by atoms with Gasteiger partial charge in [0.15, 0.2) is 0 Å². The molecule has 0 atom stereocenters. The van der Waals surface area contributed by atoms with Gasteiger partial charge in [-0.05, 0) is 13.8 Å². The number of aliphatic hydroxyl groups is 1. The van der Waals surface area contributed by atoms with Crippen LogP contribution in [0.5, 0.6) is 0 Å². The lowest BCUT2D eigenvalue weighted by Crippen LogP contribution is -1.98. The van der Waals surface area contributed by atoms with Crippen LogP contribution in [-0.2, 0) is 4.79 Å². The summed E-state index contributed by atoms with van der Waals surface area (Å²) in [6, 6.07) is 0. The van der Waals surface area contributed by atoms with Crippen molar-refractivity contribution < 1.29 is 15.0 Å². The van der Waals surface area contributed by atoms with Gasteiger partial charge in [-0.2, -0.15) is 0 Å². The Morgan fingerprint density at radius 1 is 1.25 bits per heavy atom. The van der Waals surface area contributed by atoms with E-state index in [2.05, 4.69) is 0 Å². The Kier molecular flexibility index (Phi) is 2.06. The smallest absolute Gasteiger partial charge is 0.334 e. The fourth-order valence-electron chi connectivity index (χ4n) is 0.155. The molecule has 0 aliphatic rings. The maximum atomic E-state index is 9.92. The number of carboxylic acids is 1. The zero-order valence-corrected chi connectivity index (χ0v) is 4.80. The summed E-state index contributed by atoms with van der Waals surface area (Å²) in [5, 5.41) is 16.6. The highest BCUT2D eigenvalue weighted by molar-refractivity contribution is 5.86. The summed E-state index contributed by atoms with van der Waals surface area (Å²) in [5.74, 6) is -1.22. The van der Waals surface area contributed by atoms with Crippen LogP contribution in [0, 0.1) is 0 Å². The van der Waals surface area contributed by atoms with Gasteiger partial charge < -0.3 is 10.2 Å². The van der Waals surface area contributed by atoms with E-state index < -0.39 is 5.97 Å². The SMILES string of the molecule is C/C(O)=C(/C)C(=O)O. The molecule has 0 saturated heterocycles. The molecule has 2 N–H and O–H groups in total. The highest BCUT2D eigenvalue weighted by Gasteiger charge is 2.01. The van der Waals surface area contributed by atoms with Gasteiger partial charge in [-0.15, -0.1) is 0 Å². The first-order chi connectivity index (χ1) is 3.55. The largest absolute Gasteiger partial charge is 0.512 e. The minimum Gasteiger partial charge on any atom is -0.512 e. The molecule has 0 aromatic heterocycles. The van der Waals surface area contributed by atoms with Crippen molar-refractivity contribution in [3.8, 4) is 0 Å². The first-order valence-electron chi connectivity index (χ1n) is 2.15. The van der Waals surface area contributed by atoms with E-state index in [9.17, 15) is 4.79 Å². The summed E-state index contributed by atoms with van der Waals surface area (Å²) in [6.45, 7) is 2.68. The molecule has 0 heterocycles. The maximum absolute atomic E-state index is 9.92. The van der Waals surface area contributed by atoms with E-state index in [-0.39, 0.29) is 11.3 Å². The third-order valence-corrected chi connectivity index (χ3v) is 0.864. The van der Waals surface area contributed by atoms with Crippen LogP contribution in [0.4, 0.5) is 0 Å². The molecule has 0 spiro atoms. The van der Waals surface area contributed by atoms with Crippen molar-refractivity contribution in [2.75, 3.05) is 0 Å². The molecule has 0 rings (SSSR count). The number of allylic oxidation sites excluding steroid dienone is 1. The second kappa shape index (κ2) is 2.35. The highest BCUT2D eigenvalue weighted by Crippen LogP contribution is 1.97. The van der Waals surface area contributed by atoms with Crippen LogP contribution in [0.25, 0.3) is 0 Å². The molecule has 0 unspecified atom stereocenters. The van der Waals surface area contributed by atoms with E-state index in [4.69, 9.17) is 10.2 Å². The molecule has 0 saturated carbocycles. The molecule has 0 aromatic rings. The van der Waals surface area contributed by atoms with E-state index in [1.54, 1.807) is 0 Å². The second-order valence-electron chi connectivity index (χ2n) is 1.52. The molecule has 0 aromatic carbocycles. The van der Waals surface area contributed by atoms with Crippen LogP contribution in [0.2, 0.25) is 0 Å². The van der Waals surface area contributed by atoms with Gasteiger partial charge in [-0.1, -0.05) is 0 Å². The van der Waals surface area contributed by atoms with Crippen LogP contribution in [0.15, 0.2) is 11.3 Å². The summed E-state index contributed by atoms with van der Waals surface area (Å²) < 4.78 is 0. The van der Waals surface area contributed by atoms with Gasteiger partial charge in [-0.3, -0.25) is 0 Å². The Morgan fingerprint density at radius 3 is 1.62 bits per heavy atom. The summed E-state index contributed by atoms with van der Waals surface area (Å²) >= 11 is 0. The minimum atomic E-state index is -1.08. The summed E-state index contributed by atoms with van der Waals surface area (Å²) in [6.07, 6.45) is 0. The number of carboxylic acid groups (broad SMARTS) is 1. The monoisotopic (exact) mass is 116 g/mol. The van der Waals surface area contributed by atoms with Crippen LogP contribution in [0.3, 0.4) is 0 Å². The maximum Gasteiger partial charge on any atom is 0.334 e. The first kappa shape index (κ1) is 7.01. The average molecular weight is 116 g/mol. The van der Waals surface area contributed by atoms with Gasteiger partial charge in [0.1, 0.15) is 0 Å². The van der Waals surface area contributed by atoms with Gasteiger partial charge in [0.2, 0.25) is 0 Å². The third-order valence-electron chi connectivity index (χ3n) is 0.864. The Balaban J connectivity index is 4.23. The van der Waals surface area contributed by atoms with Crippen molar-refractivity contribution in [1.82, 2.24) is 0 Å². The molecular formula is C5H8O3. The molecule has 3 nitrogen and oxygen atoms in total. The lowest BCUT2D eigenvalue weighted by atomic mass is 10.3. The molecule has 0 radical (unpaired) electrons. The molecule has 0 amide bonds. The van der Waals surface area contributed by atoms with Crippen molar-refractivity contribution in [2.24, 2.45) is 0 Å². The number of rotatable bonds is 1. The van der Waals surface area contributed by atoms with Crippen molar-refractivity contribution in [3.05, 3.63) is 11.3 Å². The fourth-order valence-corrected chi connectivity index (χ4v) is 0.155. The van der Waals surface area contributed by atoms with Crippen molar-refractivity contribution >= 4 is 5.97 Å². The quantitative estimate of drug-likeness (QED) is 0.395. The molecule has 0 aliphatic heterocycles. The van der Waals surface area contributed by atoms with E-state index in [1.165, 1.54) is 13.8 Å². The van der Waals surface area contributed by atoms with Gasteiger partial charge in [0, 0.05) is 0 Å². The van der Waals surface area contributed by atoms with Crippen molar-refractivity contribution in [2.45, 2.75) is 13.8 Å². The van der Waals surface area contributed by atoms with Gasteiger partial charge in [-0.25, -0.2) is 4.79 Å². The van der Waals surface area contributed by atoms with Gasteiger partial charge in [0.05, 0.1) is 11.3 Å². The van der Waals surface area contributed by atoms with Crippen LogP contribution >= 0.6 is 0 Å². The minimum absolute atomic E-state index is 0.00926. The zero-order valence-electron chi connectivity index (χ0n) is 4.80. The van der Waals surface area contributed by atoms with Crippen molar-refractivity contribution in [3.63, 3.8) is 0 Å². The number of aliphatic carboxylic acids is 1. The lowest BCUT2D eigenvalue weighted by Gasteiger charge is -1.91. The number of aliphatic hydroxyl groups excluding tert-OH is 1. The van der Waals surface area contributed by atoms with Gasteiger partial charge in [0.25, 0.3) is 0 Å². The van der Waals surface area contributed by atoms with Crippen molar-refractivity contribution in [1.29, 1.82) is 0 Å². The molecule has 0 fully saturated rings. The average Bonchev–Trinajstić information content (AvgIpc) is 1.64. The Labute approximate surface area is 47.3 Å². The lowest BCUT2D eigenvalue weighted by molar-refractivity contribution is -0.132. The fraction of sp³-hybridized carbons (Fsp3) is 0.400. The summed E-state index contributed by atoms with van der Waals surface area (Å²) in [4.78, 5) is 9.92. The topological polar surface area (TPSA) is 57.5 Å². The predicted molar refractivity (Wildman–Crippen MR) is 28.6 cm³/mol. The van der Waals surface area contributed by atoms with Gasteiger partial charge >= 0.3 is 5.97 Å².